The normalized spacial score (nSPS) is 14.0. The van der Waals surface area contributed by atoms with Crippen molar-refractivity contribution in [3.63, 3.8) is 0 Å². The average Bonchev–Trinajstić information content (AvgIpc) is 3.89. The summed E-state index contributed by atoms with van der Waals surface area (Å²) in [6, 6.07) is 64.5. The van der Waals surface area contributed by atoms with Gasteiger partial charge in [-0.2, -0.15) is 0 Å². The maximum absolute atomic E-state index is 6.42. The van der Waals surface area contributed by atoms with Crippen LogP contribution >= 0.6 is 23.5 Å². The van der Waals surface area contributed by atoms with Crippen molar-refractivity contribution < 1.29 is 8.83 Å². The van der Waals surface area contributed by atoms with Crippen LogP contribution < -0.4 is 15.1 Å². The Hall–Kier alpha value is -7.06. The third-order valence-corrected chi connectivity index (χ3v) is 15.4. The summed E-state index contributed by atoms with van der Waals surface area (Å²) >= 11 is 3.77. The van der Waals surface area contributed by atoms with E-state index in [-0.39, 0.29) is 6.98 Å². The summed E-state index contributed by atoms with van der Waals surface area (Å²) in [6.07, 6.45) is 0. The van der Waals surface area contributed by atoms with Gasteiger partial charge in [0, 0.05) is 63.6 Å². The number of nitrogens with zero attached hydrogens (tertiary/aromatic N) is 2. The summed E-state index contributed by atoms with van der Waals surface area (Å²) in [5.74, 6) is 0. The molecule has 7 heteroatoms. The third kappa shape index (κ3) is 4.29. The SMILES string of the molecule is c1ccc2c(c1)Sc1cc(-c3cccc4oc5ccccc5c34)cc3c1N2B1c2c-3cccc2-c2cc(-c3cccc4oc5ccccc5c34)cc3c2N1c1ccccc1S3. The van der Waals surface area contributed by atoms with E-state index in [1.807, 2.05) is 35.7 Å². The zero-order chi connectivity index (χ0) is 39.5. The highest BCUT2D eigenvalue weighted by Gasteiger charge is 2.51. The molecule has 0 amide bonds. The van der Waals surface area contributed by atoms with E-state index in [9.17, 15) is 0 Å². The van der Waals surface area contributed by atoms with Crippen LogP contribution in [0.2, 0.25) is 0 Å². The summed E-state index contributed by atoms with van der Waals surface area (Å²) in [5, 5.41) is 4.59. The average molecular weight is 813 g/mol. The molecule has 282 valence electrons. The quantitative estimate of drug-likeness (QED) is 0.162. The first-order valence-electron chi connectivity index (χ1n) is 20.7. The molecule has 0 aliphatic carbocycles. The van der Waals surface area contributed by atoms with E-state index in [0.717, 1.165) is 43.9 Å². The van der Waals surface area contributed by atoms with Crippen molar-refractivity contribution in [2.24, 2.45) is 0 Å². The molecule has 4 nitrogen and oxygen atoms in total. The van der Waals surface area contributed by atoms with Gasteiger partial charge in [0.15, 0.2) is 0 Å². The van der Waals surface area contributed by atoms with Crippen LogP contribution in [-0.4, -0.2) is 6.98 Å². The molecule has 0 N–H and O–H groups in total. The highest BCUT2D eigenvalue weighted by Crippen LogP contribution is 2.61. The second-order valence-corrected chi connectivity index (χ2v) is 18.5. The van der Waals surface area contributed by atoms with E-state index in [2.05, 4.69) is 173 Å². The van der Waals surface area contributed by atoms with Crippen LogP contribution in [0.15, 0.2) is 204 Å². The van der Waals surface area contributed by atoms with Crippen molar-refractivity contribution in [3.8, 4) is 44.5 Å². The maximum Gasteiger partial charge on any atom is 0.422 e. The van der Waals surface area contributed by atoms with E-state index in [1.165, 1.54) is 92.3 Å². The Morgan fingerprint density at radius 3 is 1.31 bits per heavy atom. The third-order valence-electron chi connectivity index (χ3n) is 13.2. The lowest BCUT2D eigenvalue weighted by molar-refractivity contribution is 0.668. The summed E-state index contributed by atoms with van der Waals surface area (Å²) in [6.45, 7) is -0.119. The molecule has 0 unspecified atom stereocenters. The molecule has 11 aromatic rings. The Kier molecular flexibility index (Phi) is 6.35. The van der Waals surface area contributed by atoms with Gasteiger partial charge in [-0.15, -0.1) is 0 Å². The van der Waals surface area contributed by atoms with Crippen LogP contribution in [0.25, 0.3) is 88.4 Å². The molecule has 6 heterocycles. The maximum atomic E-state index is 6.42. The predicted molar refractivity (Wildman–Crippen MR) is 254 cm³/mol. The van der Waals surface area contributed by atoms with Crippen molar-refractivity contribution in [1.82, 2.24) is 0 Å². The lowest BCUT2D eigenvalue weighted by atomic mass is 9.53. The van der Waals surface area contributed by atoms with E-state index in [4.69, 9.17) is 8.83 Å². The summed E-state index contributed by atoms with van der Waals surface area (Å²) in [4.78, 5) is 10.3. The second kappa shape index (κ2) is 11.8. The first-order chi connectivity index (χ1) is 30.2. The van der Waals surface area contributed by atoms with Crippen LogP contribution in [0, 0.1) is 0 Å². The topological polar surface area (TPSA) is 32.8 Å². The number of furan rings is 2. The van der Waals surface area contributed by atoms with Crippen molar-refractivity contribution in [1.29, 1.82) is 0 Å². The summed E-state index contributed by atoms with van der Waals surface area (Å²) in [7, 11) is 0. The van der Waals surface area contributed by atoms with Gasteiger partial charge in [0.1, 0.15) is 22.3 Å². The molecule has 0 spiro atoms. The molecule has 4 aliphatic rings. The smallest absolute Gasteiger partial charge is 0.422 e. The Morgan fingerprint density at radius 2 is 0.787 bits per heavy atom. The number of hydrogen-bond acceptors (Lipinski definition) is 6. The highest BCUT2D eigenvalue weighted by atomic mass is 32.2. The number of hydrogen-bond donors (Lipinski definition) is 0. The van der Waals surface area contributed by atoms with E-state index < -0.39 is 0 Å². The minimum Gasteiger partial charge on any atom is -0.456 e. The molecular weight excluding hydrogens is 784 g/mol. The fourth-order valence-corrected chi connectivity index (χ4v) is 13.1. The van der Waals surface area contributed by atoms with Gasteiger partial charge in [0.05, 0.1) is 11.4 Å². The van der Waals surface area contributed by atoms with Gasteiger partial charge in [-0.1, -0.05) is 127 Å². The van der Waals surface area contributed by atoms with Gasteiger partial charge in [-0.05, 0) is 112 Å². The minimum absolute atomic E-state index is 0.119. The van der Waals surface area contributed by atoms with Crippen LogP contribution in [-0.2, 0) is 0 Å². The zero-order valence-electron chi connectivity index (χ0n) is 32.3. The monoisotopic (exact) mass is 812 g/mol. The zero-order valence-corrected chi connectivity index (χ0v) is 34.0. The molecule has 0 atom stereocenters. The Morgan fingerprint density at radius 1 is 0.361 bits per heavy atom. The number of rotatable bonds is 2. The van der Waals surface area contributed by atoms with Gasteiger partial charge in [-0.25, -0.2) is 0 Å². The predicted octanol–water partition coefficient (Wildman–Crippen LogP) is 15.1. The lowest BCUT2D eigenvalue weighted by Crippen LogP contribution is -2.62. The van der Waals surface area contributed by atoms with E-state index in [1.54, 1.807) is 0 Å². The van der Waals surface area contributed by atoms with E-state index >= 15 is 0 Å². The molecule has 15 rings (SSSR count). The van der Waals surface area contributed by atoms with Gasteiger partial charge in [0.2, 0.25) is 0 Å². The number of para-hydroxylation sites is 4. The summed E-state index contributed by atoms with van der Waals surface area (Å²) < 4.78 is 12.8. The molecule has 0 radical (unpaired) electrons. The number of fused-ring (bicyclic) bond motifs is 14. The van der Waals surface area contributed by atoms with Crippen LogP contribution in [0.4, 0.5) is 22.7 Å². The van der Waals surface area contributed by atoms with Gasteiger partial charge >= 0.3 is 6.98 Å². The summed E-state index contributed by atoms with van der Waals surface area (Å²) in [5.41, 5.74) is 19.8. The van der Waals surface area contributed by atoms with Gasteiger partial charge < -0.3 is 18.5 Å². The van der Waals surface area contributed by atoms with Crippen molar-refractivity contribution >= 4 is 103 Å². The molecule has 0 saturated heterocycles. The molecule has 0 fully saturated rings. The first kappa shape index (κ1) is 32.8. The van der Waals surface area contributed by atoms with Gasteiger partial charge in [0.25, 0.3) is 0 Å². The fraction of sp³-hybridized carbons (Fsp3) is 0. The molecule has 61 heavy (non-hydrogen) atoms. The molecule has 9 aromatic carbocycles. The van der Waals surface area contributed by atoms with E-state index in [0.29, 0.717) is 0 Å². The molecule has 0 bridgehead atoms. The number of benzene rings is 9. The standard InChI is InChI=1S/C54H29BN2O2S2/c1-5-20-42-36(12-1)50-32(14-10-22-44(50)58-42)30-26-38-34-16-9-17-35-39-27-31(33-15-11-23-45-51(33)37-13-2-6-21-43(37)59-45)29-49-54(39)57(41-19-4-8-25-47(41)61-49)55(52(34)35)56-40-18-3-7-24-46(40)60-48(28-30)53(38)56/h1-29H. The van der Waals surface area contributed by atoms with Crippen molar-refractivity contribution in [3.05, 3.63) is 176 Å². The largest absolute Gasteiger partial charge is 0.456 e. The van der Waals surface area contributed by atoms with Gasteiger partial charge in [-0.3, -0.25) is 0 Å². The highest BCUT2D eigenvalue weighted by molar-refractivity contribution is 8.00. The minimum atomic E-state index is -0.119. The van der Waals surface area contributed by atoms with Crippen LogP contribution in [0.5, 0.6) is 0 Å². The Labute approximate surface area is 359 Å². The fourth-order valence-electron chi connectivity index (χ4n) is 10.8. The Bertz CT molecular complexity index is 3530. The lowest BCUT2D eigenvalue weighted by Gasteiger charge is -2.51. The van der Waals surface area contributed by atoms with Crippen LogP contribution in [0.3, 0.4) is 0 Å². The van der Waals surface area contributed by atoms with Crippen molar-refractivity contribution in [2.75, 3.05) is 9.62 Å². The Balaban J connectivity index is 1.04. The molecule has 0 saturated carbocycles. The number of anilines is 4. The molecule has 4 aliphatic heterocycles. The molecule has 2 aromatic heterocycles. The van der Waals surface area contributed by atoms with Crippen molar-refractivity contribution in [2.45, 2.75) is 19.6 Å². The second-order valence-electron chi connectivity index (χ2n) is 16.3. The molecular formula is C54H29BN2O2S2. The first-order valence-corrected chi connectivity index (χ1v) is 22.3. The van der Waals surface area contributed by atoms with Crippen LogP contribution in [0.1, 0.15) is 0 Å².